The molecule has 0 N–H and O–H groups in total. The predicted octanol–water partition coefficient (Wildman–Crippen LogP) is 1.49. The zero-order valence-corrected chi connectivity index (χ0v) is 8.42. The van der Waals surface area contributed by atoms with E-state index >= 15 is 0 Å². The lowest BCUT2D eigenvalue weighted by Gasteiger charge is -1.96. The van der Waals surface area contributed by atoms with E-state index in [2.05, 4.69) is 0 Å². The molecule has 0 bridgehead atoms. The van der Waals surface area contributed by atoms with Gasteiger partial charge in [0.2, 0.25) is 0 Å². The van der Waals surface area contributed by atoms with Gasteiger partial charge in [0.25, 0.3) is 0 Å². The van der Waals surface area contributed by atoms with Crippen molar-refractivity contribution < 1.29 is 14.3 Å². The first-order chi connectivity index (χ1) is 5.97. The molecule has 1 heterocycles. The van der Waals surface area contributed by atoms with Crippen LogP contribution in [0.25, 0.3) is 0 Å². The van der Waals surface area contributed by atoms with Crippen molar-refractivity contribution in [2.75, 3.05) is 0 Å². The highest BCUT2D eigenvalue weighted by molar-refractivity contribution is 5.90. The van der Waals surface area contributed by atoms with Crippen LogP contribution in [-0.4, -0.2) is 23.3 Å². The van der Waals surface area contributed by atoms with Crippen LogP contribution in [-0.2, 0) is 14.3 Å². The molecule has 1 saturated heterocycles. The summed E-state index contributed by atoms with van der Waals surface area (Å²) < 4.78 is 5.17. The molecule has 0 saturated carbocycles. The van der Waals surface area contributed by atoms with Gasteiger partial charge in [-0.3, -0.25) is 9.59 Å². The van der Waals surface area contributed by atoms with Crippen LogP contribution in [0.4, 0.5) is 0 Å². The molecule has 74 valence electrons. The van der Waals surface area contributed by atoms with E-state index < -0.39 is 0 Å². The summed E-state index contributed by atoms with van der Waals surface area (Å²) in [7, 11) is 0. The Morgan fingerprint density at radius 1 is 1.31 bits per heavy atom. The molecule has 0 radical (unpaired) electrons. The molecule has 1 unspecified atom stereocenters. The van der Waals surface area contributed by atoms with E-state index in [4.69, 9.17) is 4.74 Å². The average Bonchev–Trinajstić information content (AvgIpc) is 2.70. The van der Waals surface area contributed by atoms with Crippen molar-refractivity contribution in [1.82, 2.24) is 0 Å². The number of hydrogen-bond donors (Lipinski definition) is 0. The van der Waals surface area contributed by atoms with E-state index in [1.165, 1.54) is 0 Å². The van der Waals surface area contributed by atoms with Crippen molar-refractivity contribution >= 4 is 11.6 Å². The van der Waals surface area contributed by atoms with E-state index in [1.807, 2.05) is 20.8 Å². The van der Waals surface area contributed by atoms with Gasteiger partial charge in [0, 0.05) is 19.3 Å². The maximum Gasteiger partial charge on any atom is 0.164 e. The van der Waals surface area contributed by atoms with Crippen LogP contribution >= 0.6 is 0 Å². The topological polar surface area (TPSA) is 46.7 Å². The summed E-state index contributed by atoms with van der Waals surface area (Å²) in [5.41, 5.74) is -0.285. The fraction of sp³-hybridized carbons (Fsp3) is 0.800. The molecule has 1 rings (SSSR count). The van der Waals surface area contributed by atoms with Crippen LogP contribution in [0.15, 0.2) is 0 Å². The van der Waals surface area contributed by atoms with E-state index in [-0.39, 0.29) is 23.3 Å². The Balaban J connectivity index is 2.24. The lowest BCUT2D eigenvalue weighted by Crippen LogP contribution is -2.15. The smallest absolute Gasteiger partial charge is 0.164 e. The van der Waals surface area contributed by atoms with Crippen LogP contribution in [0.5, 0.6) is 0 Å². The predicted molar refractivity (Wildman–Crippen MR) is 48.5 cm³/mol. The van der Waals surface area contributed by atoms with Crippen LogP contribution in [0.1, 0.15) is 40.0 Å². The summed E-state index contributed by atoms with van der Waals surface area (Å²) in [5.74, 6) is 0.207. The van der Waals surface area contributed by atoms with E-state index in [0.717, 1.165) is 0 Å². The van der Waals surface area contributed by atoms with Gasteiger partial charge < -0.3 is 4.74 Å². The van der Waals surface area contributed by atoms with Crippen LogP contribution in [0.2, 0.25) is 0 Å². The van der Waals surface area contributed by atoms with Crippen LogP contribution in [0, 0.1) is 0 Å². The fourth-order valence-electron chi connectivity index (χ4n) is 1.29. The molecule has 3 heteroatoms. The maximum absolute atomic E-state index is 11.4. The number of carbonyl (C=O) groups is 2. The van der Waals surface area contributed by atoms with Gasteiger partial charge in [-0.15, -0.1) is 0 Å². The highest BCUT2D eigenvalue weighted by Crippen LogP contribution is 2.36. The molecule has 0 spiro atoms. The molecule has 1 aliphatic rings. The molecule has 0 aliphatic carbocycles. The van der Waals surface area contributed by atoms with Crippen molar-refractivity contribution in [2.24, 2.45) is 0 Å². The highest BCUT2D eigenvalue weighted by atomic mass is 16.6. The molecule has 0 aromatic heterocycles. The SMILES string of the molecule is CCC(=O)CCC(=O)C1OC1(C)C. The minimum atomic E-state index is -0.285. The zero-order valence-electron chi connectivity index (χ0n) is 8.42. The molecule has 3 nitrogen and oxygen atoms in total. The normalized spacial score (nSPS) is 24.1. The van der Waals surface area contributed by atoms with Gasteiger partial charge in [0.1, 0.15) is 11.9 Å². The summed E-state index contributed by atoms with van der Waals surface area (Å²) in [6, 6.07) is 0. The first-order valence-corrected chi connectivity index (χ1v) is 4.69. The average molecular weight is 184 g/mol. The van der Waals surface area contributed by atoms with Gasteiger partial charge in [-0.25, -0.2) is 0 Å². The summed E-state index contributed by atoms with van der Waals surface area (Å²) in [6.07, 6.45) is 0.950. The van der Waals surface area contributed by atoms with E-state index in [0.29, 0.717) is 19.3 Å². The maximum atomic E-state index is 11.4. The van der Waals surface area contributed by atoms with Gasteiger partial charge >= 0.3 is 0 Å². The minimum absolute atomic E-state index is 0.0619. The monoisotopic (exact) mass is 184 g/mol. The Labute approximate surface area is 78.5 Å². The number of Topliss-reactive ketones (excluding diaryl/α,β-unsaturated/α-hetero) is 2. The number of rotatable bonds is 5. The van der Waals surface area contributed by atoms with E-state index in [1.54, 1.807) is 0 Å². The third kappa shape index (κ3) is 2.62. The summed E-state index contributed by atoms with van der Waals surface area (Å²) in [5, 5.41) is 0. The number of ketones is 2. The first kappa shape index (κ1) is 10.4. The molecule has 1 fully saturated rings. The zero-order chi connectivity index (χ0) is 10.1. The van der Waals surface area contributed by atoms with Crippen molar-refractivity contribution in [2.45, 2.75) is 51.7 Å². The summed E-state index contributed by atoms with van der Waals surface area (Å²) in [6.45, 7) is 5.58. The van der Waals surface area contributed by atoms with Gasteiger partial charge in [-0.1, -0.05) is 6.92 Å². The number of hydrogen-bond acceptors (Lipinski definition) is 3. The Morgan fingerprint density at radius 2 is 1.85 bits per heavy atom. The third-order valence-corrected chi connectivity index (χ3v) is 2.33. The fourth-order valence-corrected chi connectivity index (χ4v) is 1.29. The second kappa shape index (κ2) is 3.58. The Kier molecular flexibility index (Phi) is 2.86. The van der Waals surface area contributed by atoms with Crippen molar-refractivity contribution in [1.29, 1.82) is 0 Å². The third-order valence-electron chi connectivity index (χ3n) is 2.33. The molecule has 1 aliphatic heterocycles. The number of ether oxygens (including phenoxy) is 1. The number of carbonyl (C=O) groups excluding carboxylic acids is 2. The van der Waals surface area contributed by atoms with Gasteiger partial charge in [0.15, 0.2) is 5.78 Å². The van der Waals surface area contributed by atoms with Gasteiger partial charge in [-0.2, -0.15) is 0 Å². The van der Waals surface area contributed by atoms with E-state index in [9.17, 15) is 9.59 Å². The standard InChI is InChI=1S/C10H16O3/c1-4-7(11)5-6-8(12)9-10(2,3)13-9/h9H,4-6H2,1-3H3. The van der Waals surface area contributed by atoms with Crippen molar-refractivity contribution in [3.8, 4) is 0 Å². The first-order valence-electron chi connectivity index (χ1n) is 4.69. The molecular weight excluding hydrogens is 168 g/mol. The molecule has 1 atom stereocenters. The highest BCUT2D eigenvalue weighted by Gasteiger charge is 2.52. The summed E-state index contributed by atoms with van der Waals surface area (Å²) in [4.78, 5) is 22.3. The quantitative estimate of drug-likeness (QED) is 0.608. The molecule has 0 aromatic carbocycles. The van der Waals surface area contributed by atoms with Gasteiger partial charge in [-0.05, 0) is 13.8 Å². The Bertz CT molecular complexity index is 230. The minimum Gasteiger partial charge on any atom is -0.358 e. The summed E-state index contributed by atoms with van der Waals surface area (Å²) >= 11 is 0. The van der Waals surface area contributed by atoms with Crippen molar-refractivity contribution in [3.05, 3.63) is 0 Å². The lowest BCUT2D eigenvalue weighted by atomic mass is 10.0. The largest absolute Gasteiger partial charge is 0.358 e. The Hall–Kier alpha value is -0.700. The van der Waals surface area contributed by atoms with Crippen molar-refractivity contribution in [3.63, 3.8) is 0 Å². The molecule has 0 amide bonds. The number of epoxide rings is 1. The second-order valence-corrected chi connectivity index (χ2v) is 3.96. The molecular formula is C10H16O3. The molecule has 13 heavy (non-hydrogen) atoms. The molecule has 0 aromatic rings. The Morgan fingerprint density at radius 3 is 2.23 bits per heavy atom. The lowest BCUT2D eigenvalue weighted by molar-refractivity contribution is -0.124. The van der Waals surface area contributed by atoms with Crippen LogP contribution in [0.3, 0.4) is 0 Å². The van der Waals surface area contributed by atoms with Gasteiger partial charge in [0.05, 0.1) is 5.60 Å². The second-order valence-electron chi connectivity index (χ2n) is 3.96. The van der Waals surface area contributed by atoms with Crippen LogP contribution < -0.4 is 0 Å².